The van der Waals surface area contributed by atoms with Gasteiger partial charge in [-0.25, -0.2) is 8.42 Å². The van der Waals surface area contributed by atoms with Gasteiger partial charge in [0.15, 0.2) is 5.60 Å². The number of carbonyl (C=O) groups is 2. The molecule has 3 heterocycles. The second kappa shape index (κ2) is 8.27. The van der Waals surface area contributed by atoms with Crippen molar-refractivity contribution in [1.82, 2.24) is 24.3 Å². The normalized spacial score (nSPS) is 25.0. The van der Waals surface area contributed by atoms with Crippen LogP contribution in [0.25, 0.3) is 0 Å². The highest BCUT2D eigenvalue weighted by Gasteiger charge is 2.59. The Morgan fingerprint density at radius 1 is 1.40 bits per heavy atom. The number of nitrogens with zero attached hydrogens (tertiary/aromatic N) is 4. The molecule has 0 saturated carbocycles. The van der Waals surface area contributed by atoms with E-state index in [0.717, 1.165) is 34.1 Å². The molecule has 1 spiro atoms. The summed E-state index contributed by atoms with van der Waals surface area (Å²) in [6, 6.07) is 0. The number of aryl methyl sites for hydroxylation is 2. The molecule has 0 unspecified atom stereocenters. The van der Waals surface area contributed by atoms with Crippen LogP contribution in [0, 0.1) is 19.8 Å². The zero-order valence-electron chi connectivity index (χ0n) is 18.3. The van der Waals surface area contributed by atoms with E-state index in [0.29, 0.717) is 19.5 Å². The second-order valence-corrected chi connectivity index (χ2v) is 10.1. The molecular weight excluding hydrogens is 410 g/mol. The Hall–Kier alpha value is -1.98. The number of rotatable bonds is 6. The van der Waals surface area contributed by atoms with Crippen molar-refractivity contribution in [2.45, 2.75) is 39.3 Å². The first kappa shape index (κ1) is 22.7. The molecular formula is C19H31N5O5S. The Kier molecular flexibility index (Phi) is 6.26. The van der Waals surface area contributed by atoms with Gasteiger partial charge in [-0.1, -0.05) is 0 Å². The Morgan fingerprint density at radius 3 is 2.67 bits per heavy atom. The van der Waals surface area contributed by atoms with Crippen LogP contribution in [-0.2, 0) is 37.3 Å². The van der Waals surface area contributed by atoms with Crippen LogP contribution < -0.4 is 5.32 Å². The van der Waals surface area contributed by atoms with Gasteiger partial charge in [0.25, 0.3) is 5.91 Å². The van der Waals surface area contributed by atoms with Gasteiger partial charge < -0.3 is 15.0 Å². The van der Waals surface area contributed by atoms with Gasteiger partial charge >= 0.3 is 0 Å². The van der Waals surface area contributed by atoms with E-state index in [4.69, 9.17) is 4.74 Å². The molecule has 0 bridgehead atoms. The number of hydrogen-bond acceptors (Lipinski definition) is 6. The maximum Gasteiger partial charge on any atom is 0.254 e. The van der Waals surface area contributed by atoms with Crippen molar-refractivity contribution < 1.29 is 22.7 Å². The molecule has 2 saturated heterocycles. The molecule has 11 heteroatoms. The summed E-state index contributed by atoms with van der Waals surface area (Å²) in [4.78, 5) is 27.6. The Labute approximate surface area is 177 Å². The van der Waals surface area contributed by atoms with Crippen LogP contribution in [0.2, 0.25) is 0 Å². The number of amides is 2. The van der Waals surface area contributed by atoms with Crippen molar-refractivity contribution in [2.75, 3.05) is 46.1 Å². The number of sulfonamides is 1. The van der Waals surface area contributed by atoms with E-state index in [-0.39, 0.29) is 25.6 Å². The van der Waals surface area contributed by atoms with E-state index in [9.17, 15) is 18.0 Å². The lowest BCUT2D eigenvalue weighted by Crippen LogP contribution is -2.62. The van der Waals surface area contributed by atoms with Gasteiger partial charge in [0.05, 0.1) is 31.0 Å². The minimum absolute atomic E-state index is 0.0682. The molecule has 1 aromatic heterocycles. The second-order valence-electron chi connectivity index (χ2n) is 8.08. The summed E-state index contributed by atoms with van der Waals surface area (Å²) in [5, 5.41) is 7.24. The third-order valence-electron chi connectivity index (χ3n) is 6.16. The summed E-state index contributed by atoms with van der Waals surface area (Å²) in [6.45, 7) is 7.57. The van der Waals surface area contributed by atoms with Gasteiger partial charge in [-0.15, -0.1) is 0 Å². The molecule has 1 N–H and O–H groups in total. The molecule has 2 aliphatic rings. The first-order valence-corrected chi connectivity index (χ1v) is 12.0. The Balaban J connectivity index is 1.79. The van der Waals surface area contributed by atoms with Crippen LogP contribution >= 0.6 is 0 Å². The van der Waals surface area contributed by atoms with E-state index in [1.165, 1.54) is 0 Å². The van der Waals surface area contributed by atoms with Crippen LogP contribution in [0.1, 0.15) is 23.9 Å². The molecule has 30 heavy (non-hydrogen) atoms. The van der Waals surface area contributed by atoms with Crippen molar-refractivity contribution in [1.29, 1.82) is 0 Å². The quantitative estimate of drug-likeness (QED) is 0.624. The lowest BCUT2D eigenvalue weighted by Gasteiger charge is -2.37. The molecule has 0 aliphatic carbocycles. The molecule has 2 aliphatic heterocycles. The first-order chi connectivity index (χ1) is 14.0. The molecule has 2 fully saturated rings. The maximum absolute atomic E-state index is 13.3. The zero-order valence-corrected chi connectivity index (χ0v) is 19.1. The van der Waals surface area contributed by atoms with E-state index in [2.05, 4.69) is 10.4 Å². The van der Waals surface area contributed by atoms with Crippen LogP contribution in [0.5, 0.6) is 0 Å². The van der Waals surface area contributed by atoms with Gasteiger partial charge in [-0.05, 0) is 32.8 Å². The predicted octanol–water partition coefficient (Wildman–Crippen LogP) is -0.703. The molecule has 0 radical (unpaired) electrons. The fourth-order valence-corrected chi connectivity index (χ4v) is 5.21. The van der Waals surface area contributed by atoms with Crippen molar-refractivity contribution >= 4 is 21.8 Å². The highest BCUT2D eigenvalue weighted by atomic mass is 32.2. The van der Waals surface area contributed by atoms with E-state index in [1.54, 1.807) is 11.9 Å². The van der Waals surface area contributed by atoms with Crippen molar-refractivity contribution in [3.8, 4) is 0 Å². The van der Waals surface area contributed by atoms with Gasteiger partial charge in [-0.3, -0.25) is 14.3 Å². The monoisotopic (exact) mass is 441 g/mol. The van der Waals surface area contributed by atoms with Crippen LogP contribution in [-0.4, -0.2) is 90.9 Å². The molecule has 3 rings (SSSR count). The predicted molar refractivity (Wildman–Crippen MR) is 110 cm³/mol. The summed E-state index contributed by atoms with van der Waals surface area (Å²) in [5.74, 6) is -1.61. The average Bonchev–Trinajstić information content (AvgIpc) is 3.20. The number of carbonyl (C=O) groups excluding carboxylic acids is 2. The van der Waals surface area contributed by atoms with Gasteiger partial charge in [0.1, 0.15) is 0 Å². The van der Waals surface area contributed by atoms with Gasteiger partial charge in [0, 0.05) is 38.9 Å². The fourth-order valence-electron chi connectivity index (χ4n) is 4.37. The highest BCUT2D eigenvalue weighted by Crippen LogP contribution is 2.35. The van der Waals surface area contributed by atoms with Crippen LogP contribution in [0.4, 0.5) is 0 Å². The van der Waals surface area contributed by atoms with Crippen molar-refractivity contribution in [3.63, 3.8) is 0 Å². The SMILES string of the molecule is CCn1nc(C)c(CCN(C)C(=O)[C@H]2CN(S(C)(=O)=O)C[C@@]23OCCNC3=O)c1C. The highest BCUT2D eigenvalue weighted by molar-refractivity contribution is 7.88. The van der Waals surface area contributed by atoms with Crippen molar-refractivity contribution in [3.05, 3.63) is 17.0 Å². The van der Waals surface area contributed by atoms with E-state index >= 15 is 0 Å². The van der Waals surface area contributed by atoms with Gasteiger partial charge in [-0.2, -0.15) is 9.40 Å². The molecule has 1 aromatic rings. The number of hydrogen-bond donors (Lipinski definition) is 1. The smallest absolute Gasteiger partial charge is 0.254 e. The molecule has 2 atom stereocenters. The number of ether oxygens (including phenoxy) is 1. The largest absolute Gasteiger partial charge is 0.361 e. The minimum Gasteiger partial charge on any atom is -0.361 e. The summed E-state index contributed by atoms with van der Waals surface area (Å²) in [6.07, 6.45) is 1.71. The first-order valence-electron chi connectivity index (χ1n) is 10.2. The number of likely N-dealkylation sites (N-methyl/N-ethyl adjacent to an activating group) is 1. The minimum atomic E-state index is -3.57. The average molecular weight is 442 g/mol. The lowest BCUT2D eigenvalue weighted by molar-refractivity contribution is -0.166. The molecule has 168 valence electrons. The number of morpholine rings is 1. The lowest BCUT2D eigenvalue weighted by atomic mass is 9.87. The van der Waals surface area contributed by atoms with Crippen LogP contribution in [0.3, 0.4) is 0 Å². The van der Waals surface area contributed by atoms with Crippen LogP contribution in [0.15, 0.2) is 0 Å². The molecule has 2 amide bonds. The third-order valence-corrected chi connectivity index (χ3v) is 7.38. The number of aromatic nitrogens is 2. The number of nitrogens with one attached hydrogen (secondary N) is 1. The topological polar surface area (TPSA) is 114 Å². The van der Waals surface area contributed by atoms with E-state index in [1.807, 2.05) is 25.5 Å². The molecule has 10 nitrogen and oxygen atoms in total. The standard InChI is InChI=1S/C19H31N5O5S/c1-6-24-14(3)15(13(2)21-24)7-9-22(4)17(25)16-11-23(30(5,27)28)12-19(16)18(26)20-8-10-29-19/h16H,6-12H2,1-5H3,(H,20,26)/t16-,19-/m1/s1. The Bertz CT molecular complexity index is 943. The summed E-state index contributed by atoms with van der Waals surface area (Å²) < 4.78 is 33.1. The van der Waals surface area contributed by atoms with Crippen molar-refractivity contribution in [2.24, 2.45) is 5.92 Å². The summed E-state index contributed by atoms with van der Waals surface area (Å²) >= 11 is 0. The van der Waals surface area contributed by atoms with Gasteiger partial charge in [0.2, 0.25) is 15.9 Å². The summed E-state index contributed by atoms with van der Waals surface area (Å²) in [7, 11) is -1.89. The third kappa shape index (κ3) is 3.97. The summed E-state index contributed by atoms with van der Waals surface area (Å²) in [5.41, 5.74) is 1.63. The molecule has 0 aromatic carbocycles. The maximum atomic E-state index is 13.3. The zero-order chi connectivity index (χ0) is 22.3. The van der Waals surface area contributed by atoms with E-state index < -0.39 is 27.4 Å². The Morgan fingerprint density at radius 2 is 2.10 bits per heavy atom. The fraction of sp³-hybridized carbons (Fsp3) is 0.737.